The van der Waals surface area contributed by atoms with Gasteiger partial charge in [-0.1, -0.05) is 83.6 Å². The van der Waals surface area contributed by atoms with Crippen LogP contribution < -0.4 is 0 Å². The molecule has 0 aromatic carbocycles. The quantitative estimate of drug-likeness (QED) is 0.217. The Kier molecular flexibility index (Phi) is 16.3. The number of isocyanates is 1. The normalized spacial score (nSPS) is 10.8. The van der Waals surface area contributed by atoms with Gasteiger partial charge in [0.15, 0.2) is 0 Å². The first-order valence-electron chi connectivity index (χ1n) is 8.13. The molecule has 0 aliphatic carbocycles. The van der Waals surface area contributed by atoms with Crippen LogP contribution in [-0.4, -0.2) is 6.08 Å². The third kappa shape index (κ3) is 17.1. The molecular weight excluding hydrogens is 234 g/mol. The average Bonchev–Trinajstić information content (AvgIpc) is 2.43. The summed E-state index contributed by atoms with van der Waals surface area (Å²) in [5.41, 5.74) is 0. The van der Waals surface area contributed by atoms with Crippen LogP contribution in [0.4, 0.5) is 0 Å². The first kappa shape index (κ1) is 18.1. The van der Waals surface area contributed by atoms with Crippen LogP contribution in [0.1, 0.15) is 90.4 Å². The Labute approximate surface area is 119 Å². The van der Waals surface area contributed by atoms with Crippen molar-refractivity contribution in [1.29, 1.82) is 0 Å². The van der Waals surface area contributed by atoms with Gasteiger partial charge in [-0.15, -0.1) is 0 Å². The maximum absolute atomic E-state index is 9.80. The van der Waals surface area contributed by atoms with E-state index in [-0.39, 0.29) is 0 Å². The van der Waals surface area contributed by atoms with Crippen LogP contribution in [0.5, 0.6) is 0 Å². The van der Waals surface area contributed by atoms with Crippen molar-refractivity contribution >= 4 is 6.08 Å². The van der Waals surface area contributed by atoms with Gasteiger partial charge in [-0.05, 0) is 12.8 Å². The fraction of sp³-hybridized carbons (Fsp3) is 0.824. The van der Waals surface area contributed by atoms with E-state index >= 15 is 0 Å². The Morgan fingerprint density at radius 1 is 0.789 bits per heavy atom. The molecule has 0 spiro atoms. The molecule has 0 aromatic rings. The molecule has 110 valence electrons. The van der Waals surface area contributed by atoms with Gasteiger partial charge in [0, 0.05) is 6.20 Å². The minimum atomic E-state index is 1.03. The molecule has 0 aromatic heterocycles. The molecule has 0 radical (unpaired) electrons. The minimum Gasteiger partial charge on any atom is -0.211 e. The maximum Gasteiger partial charge on any atom is 0.239 e. The van der Waals surface area contributed by atoms with E-state index in [9.17, 15) is 4.79 Å². The van der Waals surface area contributed by atoms with Crippen molar-refractivity contribution < 1.29 is 4.79 Å². The van der Waals surface area contributed by atoms with Gasteiger partial charge in [-0.25, -0.2) is 4.79 Å². The van der Waals surface area contributed by atoms with Crippen molar-refractivity contribution in [2.45, 2.75) is 90.4 Å². The molecule has 0 N–H and O–H groups in total. The van der Waals surface area contributed by atoms with Crippen LogP contribution in [0, 0.1) is 0 Å². The Hall–Kier alpha value is -0.880. The third-order valence-electron chi connectivity index (χ3n) is 3.46. The average molecular weight is 265 g/mol. The number of unbranched alkanes of at least 4 members (excludes halogenated alkanes) is 12. The molecule has 0 aliphatic heterocycles. The molecule has 19 heavy (non-hydrogen) atoms. The molecule has 2 heteroatoms. The van der Waals surface area contributed by atoms with Crippen LogP contribution in [0.2, 0.25) is 0 Å². The van der Waals surface area contributed by atoms with Gasteiger partial charge in [0.2, 0.25) is 6.08 Å². The minimum absolute atomic E-state index is 1.03. The van der Waals surface area contributed by atoms with Gasteiger partial charge in [-0.2, -0.15) is 4.99 Å². The molecule has 0 saturated carbocycles. The summed E-state index contributed by atoms with van der Waals surface area (Å²) in [6.07, 6.45) is 22.6. The Morgan fingerprint density at radius 2 is 1.26 bits per heavy atom. The van der Waals surface area contributed by atoms with Crippen molar-refractivity contribution in [1.82, 2.24) is 0 Å². The first-order chi connectivity index (χ1) is 9.41. The number of rotatable bonds is 14. The maximum atomic E-state index is 9.80. The van der Waals surface area contributed by atoms with E-state index in [1.54, 1.807) is 6.20 Å². The van der Waals surface area contributed by atoms with E-state index in [2.05, 4.69) is 11.9 Å². The second kappa shape index (κ2) is 17.1. The summed E-state index contributed by atoms with van der Waals surface area (Å²) in [4.78, 5) is 13.2. The van der Waals surface area contributed by atoms with E-state index in [4.69, 9.17) is 0 Å². The predicted molar refractivity (Wildman–Crippen MR) is 83.0 cm³/mol. The Bertz CT molecular complexity index is 242. The van der Waals surface area contributed by atoms with Crippen molar-refractivity contribution in [3.8, 4) is 0 Å². The third-order valence-corrected chi connectivity index (χ3v) is 3.46. The fourth-order valence-corrected chi connectivity index (χ4v) is 2.26. The molecule has 0 aliphatic rings. The van der Waals surface area contributed by atoms with E-state index in [1.165, 1.54) is 83.1 Å². The van der Waals surface area contributed by atoms with Gasteiger partial charge in [-0.3, -0.25) is 0 Å². The number of hydrogen-bond acceptors (Lipinski definition) is 2. The van der Waals surface area contributed by atoms with Gasteiger partial charge in [0.1, 0.15) is 0 Å². The van der Waals surface area contributed by atoms with Gasteiger partial charge in [0.05, 0.1) is 0 Å². The highest BCUT2D eigenvalue weighted by atomic mass is 16.1. The van der Waals surface area contributed by atoms with Crippen molar-refractivity contribution in [2.24, 2.45) is 4.99 Å². The van der Waals surface area contributed by atoms with Gasteiger partial charge in [0.25, 0.3) is 0 Å². The molecule has 0 heterocycles. The summed E-state index contributed by atoms with van der Waals surface area (Å²) < 4.78 is 0. The number of hydrogen-bond donors (Lipinski definition) is 0. The smallest absolute Gasteiger partial charge is 0.211 e. The summed E-state index contributed by atoms with van der Waals surface area (Å²) in [7, 11) is 0. The van der Waals surface area contributed by atoms with Crippen LogP contribution >= 0.6 is 0 Å². The summed E-state index contributed by atoms with van der Waals surface area (Å²) in [5.74, 6) is 0. The Morgan fingerprint density at radius 3 is 1.74 bits per heavy atom. The molecule has 2 nitrogen and oxygen atoms in total. The molecule has 0 saturated heterocycles. The predicted octanol–water partition coefficient (Wildman–Crippen LogP) is 5.93. The monoisotopic (exact) mass is 265 g/mol. The number of aliphatic imine (C=N–C) groups is 1. The molecule has 0 unspecified atom stereocenters. The summed E-state index contributed by atoms with van der Waals surface area (Å²) in [6.45, 7) is 2.27. The lowest BCUT2D eigenvalue weighted by molar-refractivity contribution is 0.545. The highest BCUT2D eigenvalue weighted by molar-refractivity contribution is 5.34. The van der Waals surface area contributed by atoms with E-state index in [0.29, 0.717) is 0 Å². The molecular formula is C17H31NO. The van der Waals surface area contributed by atoms with E-state index < -0.39 is 0 Å². The molecule has 0 amide bonds. The standard InChI is InChI=1S/C17H31NO/c1-2-3-4-5-6-7-8-9-10-11-12-13-14-15-16-18-17-19/h15-16H,2-14H2,1H3. The highest BCUT2D eigenvalue weighted by Crippen LogP contribution is 2.12. The molecule has 0 rings (SSSR count). The van der Waals surface area contributed by atoms with Crippen LogP contribution in [0.25, 0.3) is 0 Å². The topological polar surface area (TPSA) is 29.4 Å². The Balaban J connectivity index is 3.00. The zero-order chi connectivity index (χ0) is 14.0. The first-order valence-corrected chi connectivity index (χ1v) is 8.13. The zero-order valence-electron chi connectivity index (χ0n) is 12.7. The summed E-state index contributed by atoms with van der Waals surface area (Å²) >= 11 is 0. The van der Waals surface area contributed by atoms with Crippen LogP contribution in [0.15, 0.2) is 17.3 Å². The SMILES string of the molecule is CCCCCCCCCCCCCCC=CN=C=O. The molecule has 0 fully saturated rings. The second-order valence-electron chi connectivity index (χ2n) is 5.28. The van der Waals surface area contributed by atoms with Crippen molar-refractivity contribution in [2.75, 3.05) is 0 Å². The lowest BCUT2D eigenvalue weighted by Crippen LogP contribution is -1.82. The molecule has 0 atom stereocenters. The van der Waals surface area contributed by atoms with Crippen molar-refractivity contribution in [3.63, 3.8) is 0 Å². The highest BCUT2D eigenvalue weighted by Gasteiger charge is 1.92. The lowest BCUT2D eigenvalue weighted by Gasteiger charge is -2.02. The number of nitrogens with zero attached hydrogens (tertiary/aromatic N) is 1. The summed E-state index contributed by atoms with van der Waals surface area (Å²) in [6, 6.07) is 0. The van der Waals surface area contributed by atoms with Gasteiger partial charge < -0.3 is 0 Å². The largest absolute Gasteiger partial charge is 0.239 e. The van der Waals surface area contributed by atoms with E-state index in [0.717, 1.165) is 6.42 Å². The lowest BCUT2D eigenvalue weighted by atomic mass is 10.0. The zero-order valence-corrected chi connectivity index (χ0v) is 12.7. The fourth-order valence-electron chi connectivity index (χ4n) is 2.26. The molecule has 0 bridgehead atoms. The summed E-state index contributed by atoms with van der Waals surface area (Å²) in [5, 5.41) is 0. The van der Waals surface area contributed by atoms with Gasteiger partial charge >= 0.3 is 0 Å². The second-order valence-corrected chi connectivity index (χ2v) is 5.28. The number of allylic oxidation sites excluding steroid dienone is 1. The van der Waals surface area contributed by atoms with Crippen molar-refractivity contribution in [3.05, 3.63) is 12.3 Å². The van der Waals surface area contributed by atoms with E-state index in [1.807, 2.05) is 6.08 Å². The number of carbonyl (C=O) groups excluding carboxylic acids is 1. The van der Waals surface area contributed by atoms with Crippen LogP contribution in [0.3, 0.4) is 0 Å². The van der Waals surface area contributed by atoms with Crippen LogP contribution in [-0.2, 0) is 4.79 Å².